The Morgan fingerprint density at radius 3 is 2.35 bits per heavy atom. The van der Waals surface area contributed by atoms with Crippen molar-refractivity contribution < 1.29 is 17.9 Å². The van der Waals surface area contributed by atoms with E-state index in [1.165, 1.54) is 0 Å². The Kier molecular flexibility index (Phi) is 5.89. The van der Waals surface area contributed by atoms with E-state index in [0.717, 1.165) is 5.56 Å². The molecule has 0 aromatic heterocycles. The normalized spacial score (nSPS) is 12.2. The molecule has 0 heterocycles. The molecule has 114 valence electrons. The third-order valence-electron chi connectivity index (χ3n) is 2.92. The minimum atomic E-state index is -3.18. The minimum absolute atomic E-state index is 0.0157. The molecule has 0 aliphatic carbocycles. The molecule has 0 spiro atoms. The number of methoxy groups -OCH3 is 1. The zero-order valence-electron chi connectivity index (χ0n) is 12.3. The number of rotatable bonds is 6. The fraction of sp³-hybridized carbons (Fsp3) is 0.571. The highest BCUT2D eigenvalue weighted by atomic mass is 79.9. The summed E-state index contributed by atoms with van der Waals surface area (Å²) in [4.78, 5) is 0. The summed E-state index contributed by atoms with van der Waals surface area (Å²) in [5.74, 6) is 1.15. The molecule has 0 bridgehead atoms. The van der Waals surface area contributed by atoms with E-state index in [4.69, 9.17) is 9.47 Å². The Morgan fingerprint density at radius 2 is 1.85 bits per heavy atom. The molecule has 1 aromatic carbocycles. The van der Waals surface area contributed by atoms with Crippen LogP contribution in [0.4, 0.5) is 0 Å². The first-order valence-corrected chi connectivity index (χ1v) is 9.06. The van der Waals surface area contributed by atoms with Crippen molar-refractivity contribution in [1.82, 2.24) is 0 Å². The predicted octanol–water partition coefficient (Wildman–Crippen LogP) is 3.18. The van der Waals surface area contributed by atoms with Crippen LogP contribution in [0, 0.1) is 0 Å². The van der Waals surface area contributed by atoms with Crippen molar-refractivity contribution in [3.63, 3.8) is 0 Å². The Morgan fingerprint density at radius 1 is 1.20 bits per heavy atom. The van der Waals surface area contributed by atoms with E-state index in [-0.39, 0.29) is 12.4 Å². The van der Waals surface area contributed by atoms with Crippen LogP contribution in [-0.4, -0.2) is 32.6 Å². The van der Waals surface area contributed by atoms with Crippen molar-refractivity contribution >= 4 is 25.8 Å². The molecular weight excluding hydrogens is 344 g/mol. The van der Waals surface area contributed by atoms with E-state index < -0.39 is 14.6 Å². The molecule has 0 saturated carbocycles. The number of halogens is 1. The Bertz CT molecular complexity index is 547. The van der Waals surface area contributed by atoms with Gasteiger partial charge in [-0.3, -0.25) is 0 Å². The quantitative estimate of drug-likeness (QED) is 0.727. The van der Waals surface area contributed by atoms with Gasteiger partial charge in [-0.25, -0.2) is 8.42 Å². The molecule has 0 radical (unpaired) electrons. The average Bonchev–Trinajstić information content (AvgIpc) is 2.37. The molecule has 0 amide bonds. The molecule has 0 saturated heterocycles. The van der Waals surface area contributed by atoms with Gasteiger partial charge in [-0.2, -0.15) is 0 Å². The predicted molar refractivity (Wildman–Crippen MR) is 84.7 cm³/mol. The summed E-state index contributed by atoms with van der Waals surface area (Å²) in [5, 5.41) is 0.702. The molecular formula is C14H21BrO4S. The van der Waals surface area contributed by atoms with Gasteiger partial charge in [0.1, 0.15) is 6.61 Å². The maximum Gasteiger partial charge on any atom is 0.161 e. The lowest BCUT2D eigenvalue weighted by Crippen LogP contribution is -2.32. The summed E-state index contributed by atoms with van der Waals surface area (Å²) in [5.41, 5.74) is 1.04. The number of hydrogen-bond donors (Lipinski definition) is 0. The van der Waals surface area contributed by atoms with Crippen LogP contribution in [-0.2, 0) is 15.2 Å². The third-order valence-corrected chi connectivity index (χ3v) is 6.14. The number of ether oxygens (including phenoxy) is 2. The van der Waals surface area contributed by atoms with Crippen LogP contribution in [0.5, 0.6) is 11.5 Å². The van der Waals surface area contributed by atoms with Gasteiger partial charge in [-0.05, 0) is 38.5 Å². The Labute approximate surface area is 129 Å². The van der Waals surface area contributed by atoms with Gasteiger partial charge >= 0.3 is 0 Å². The van der Waals surface area contributed by atoms with E-state index in [0.29, 0.717) is 16.8 Å². The molecule has 0 N–H and O–H groups in total. The maximum absolute atomic E-state index is 12.0. The smallest absolute Gasteiger partial charge is 0.161 e. The number of alkyl halides is 1. The fourth-order valence-electron chi connectivity index (χ4n) is 1.48. The van der Waals surface area contributed by atoms with Crippen LogP contribution in [0.1, 0.15) is 26.3 Å². The lowest BCUT2D eigenvalue weighted by molar-refractivity contribution is 0.310. The maximum atomic E-state index is 12.0. The standard InChI is InChI=1S/C14H21BrO4S/c1-14(2,3)20(16,17)8-7-19-13-9-11(10-15)5-6-12(13)18-4/h5-6,9H,7-8,10H2,1-4H3. The summed E-state index contributed by atoms with van der Waals surface area (Å²) in [6.45, 7) is 5.18. The van der Waals surface area contributed by atoms with Crippen molar-refractivity contribution in [2.24, 2.45) is 0 Å². The minimum Gasteiger partial charge on any atom is -0.493 e. The molecule has 20 heavy (non-hydrogen) atoms. The van der Waals surface area contributed by atoms with Crippen molar-refractivity contribution in [2.75, 3.05) is 19.5 Å². The molecule has 0 aliphatic heterocycles. The van der Waals surface area contributed by atoms with Gasteiger partial charge in [0.15, 0.2) is 21.3 Å². The molecule has 0 aliphatic rings. The van der Waals surface area contributed by atoms with E-state index in [1.54, 1.807) is 27.9 Å². The van der Waals surface area contributed by atoms with Gasteiger partial charge in [0.05, 0.1) is 17.6 Å². The van der Waals surface area contributed by atoms with Crippen LogP contribution in [0.2, 0.25) is 0 Å². The van der Waals surface area contributed by atoms with Crippen LogP contribution >= 0.6 is 15.9 Å². The van der Waals surface area contributed by atoms with Crippen LogP contribution in [0.3, 0.4) is 0 Å². The molecule has 6 heteroatoms. The van der Waals surface area contributed by atoms with Gasteiger partial charge in [0.2, 0.25) is 0 Å². The zero-order valence-corrected chi connectivity index (χ0v) is 14.7. The number of benzene rings is 1. The molecule has 0 fully saturated rings. The topological polar surface area (TPSA) is 52.6 Å². The van der Waals surface area contributed by atoms with E-state index >= 15 is 0 Å². The SMILES string of the molecule is COc1ccc(CBr)cc1OCCS(=O)(=O)C(C)(C)C. The second kappa shape index (κ2) is 6.80. The van der Waals surface area contributed by atoms with E-state index in [9.17, 15) is 8.42 Å². The van der Waals surface area contributed by atoms with Gasteiger partial charge < -0.3 is 9.47 Å². The van der Waals surface area contributed by atoms with E-state index in [1.807, 2.05) is 18.2 Å². The van der Waals surface area contributed by atoms with Crippen molar-refractivity contribution in [1.29, 1.82) is 0 Å². The summed E-state index contributed by atoms with van der Waals surface area (Å²) >= 11 is 3.37. The molecule has 0 atom stereocenters. The molecule has 1 rings (SSSR count). The summed E-state index contributed by atoms with van der Waals surface area (Å²) in [6.07, 6.45) is 0. The summed E-state index contributed by atoms with van der Waals surface area (Å²) < 4.78 is 34.0. The number of sulfone groups is 1. The second-order valence-corrected chi connectivity index (χ2v) is 8.82. The van der Waals surface area contributed by atoms with Gasteiger partial charge in [-0.15, -0.1) is 0 Å². The molecule has 1 aromatic rings. The monoisotopic (exact) mass is 364 g/mol. The van der Waals surface area contributed by atoms with Gasteiger partial charge in [0, 0.05) is 5.33 Å². The van der Waals surface area contributed by atoms with Crippen LogP contribution in [0.15, 0.2) is 18.2 Å². The number of hydrogen-bond acceptors (Lipinski definition) is 4. The zero-order chi connectivity index (χ0) is 15.4. The van der Waals surface area contributed by atoms with Crippen molar-refractivity contribution in [3.05, 3.63) is 23.8 Å². The fourth-order valence-corrected chi connectivity index (χ4v) is 2.75. The summed E-state index contributed by atoms with van der Waals surface area (Å²) in [7, 11) is -1.62. The molecule has 0 unspecified atom stereocenters. The Hall–Kier alpha value is -0.750. The summed E-state index contributed by atoms with van der Waals surface area (Å²) in [6, 6.07) is 5.58. The van der Waals surface area contributed by atoms with Gasteiger partial charge in [0.25, 0.3) is 0 Å². The Balaban J connectivity index is 2.76. The van der Waals surface area contributed by atoms with Crippen molar-refractivity contribution in [3.8, 4) is 11.5 Å². The highest BCUT2D eigenvalue weighted by Gasteiger charge is 2.28. The van der Waals surface area contributed by atoms with E-state index in [2.05, 4.69) is 15.9 Å². The van der Waals surface area contributed by atoms with Crippen molar-refractivity contribution in [2.45, 2.75) is 30.8 Å². The first-order chi connectivity index (χ1) is 9.21. The lowest BCUT2D eigenvalue weighted by atomic mass is 10.2. The first-order valence-electron chi connectivity index (χ1n) is 6.29. The van der Waals surface area contributed by atoms with Crippen LogP contribution in [0.25, 0.3) is 0 Å². The van der Waals surface area contributed by atoms with Crippen LogP contribution < -0.4 is 9.47 Å². The second-order valence-electron chi connectivity index (χ2n) is 5.40. The third kappa shape index (κ3) is 4.38. The highest BCUT2D eigenvalue weighted by molar-refractivity contribution is 9.08. The average molecular weight is 365 g/mol. The highest BCUT2D eigenvalue weighted by Crippen LogP contribution is 2.29. The van der Waals surface area contributed by atoms with Gasteiger partial charge in [-0.1, -0.05) is 22.0 Å². The first kappa shape index (κ1) is 17.3. The largest absolute Gasteiger partial charge is 0.493 e. The molecule has 4 nitrogen and oxygen atoms in total. The lowest BCUT2D eigenvalue weighted by Gasteiger charge is -2.19.